The highest BCUT2D eigenvalue weighted by atomic mass is 16.5. The van der Waals surface area contributed by atoms with Crippen molar-refractivity contribution in [2.24, 2.45) is 5.10 Å². The molecule has 0 saturated heterocycles. The van der Waals surface area contributed by atoms with E-state index in [1.165, 1.54) is 0 Å². The predicted molar refractivity (Wildman–Crippen MR) is 128 cm³/mol. The van der Waals surface area contributed by atoms with Crippen molar-refractivity contribution in [3.8, 4) is 11.5 Å². The lowest BCUT2D eigenvalue weighted by atomic mass is 10.2. The van der Waals surface area contributed by atoms with Gasteiger partial charge in [-0.3, -0.25) is 9.59 Å². The molecule has 0 aromatic heterocycles. The Morgan fingerprint density at radius 3 is 2.15 bits per heavy atom. The summed E-state index contributed by atoms with van der Waals surface area (Å²) in [6, 6.07) is 24.4. The molecule has 0 heterocycles. The van der Waals surface area contributed by atoms with Crippen molar-refractivity contribution in [1.82, 2.24) is 5.43 Å². The molecule has 0 aliphatic carbocycles. The predicted octanol–water partition coefficient (Wildman–Crippen LogP) is 4.47. The van der Waals surface area contributed by atoms with E-state index in [0.717, 1.165) is 11.1 Å². The third-order valence-corrected chi connectivity index (χ3v) is 4.57. The first-order valence-corrected chi connectivity index (χ1v) is 10.6. The molecule has 0 spiro atoms. The number of carbonyl (C=O) groups excluding carboxylic acids is 2. The second-order valence-corrected chi connectivity index (χ2v) is 7.51. The van der Waals surface area contributed by atoms with Gasteiger partial charge < -0.3 is 14.8 Å². The van der Waals surface area contributed by atoms with Gasteiger partial charge in [0.25, 0.3) is 5.91 Å². The van der Waals surface area contributed by atoms with E-state index in [0.29, 0.717) is 29.5 Å². The van der Waals surface area contributed by atoms with E-state index < -0.39 is 5.91 Å². The number of hydrazone groups is 1. The summed E-state index contributed by atoms with van der Waals surface area (Å²) in [5.41, 5.74) is 5.71. The highest BCUT2D eigenvalue weighted by Crippen LogP contribution is 2.17. The number of ether oxygens (including phenoxy) is 2. The quantitative estimate of drug-likeness (QED) is 0.356. The second kappa shape index (κ2) is 12.0. The Kier molecular flexibility index (Phi) is 8.59. The van der Waals surface area contributed by atoms with Gasteiger partial charge in [-0.1, -0.05) is 48.0 Å². The molecule has 2 N–H and O–H groups in total. The van der Waals surface area contributed by atoms with Crippen LogP contribution in [0.2, 0.25) is 0 Å². The smallest absolute Gasteiger partial charge is 0.277 e. The molecular formula is C26H27N3O4. The van der Waals surface area contributed by atoms with E-state index in [2.05, 4.69) is 15.8 Å². The van der Waals surface area contributed by atoms with E-state index in [1.807, 2.05) is 49.4 Å². The Hall–Kier alpha value is -4.13. The normalized spacial score (nSPS) is 10.9. The summed E-state index contributed by atoms with van der Waals surface area (Å²) in [6.45, 7) is 3.96. The molecule has 7 nitrogen and oxygen atoms in total. The molecule has 0 fully saturated rings. The summed E-state index contributed by atoms with van der Waals surface area (Å²) in [4.78, 5) is 24.1. The summed E-state index contributed by atoms with van der Waals surface area (Å²) in [7, 11) is 0. The van der Waals surface area contributed by atoms with Crippen LogP contribution in [0.25, 0.3) is 0 Å². The molecule has 3 rings (SSSR count). The van der Waals surface area contributed by atoms with Crippen LogP contribution in [-0.4, -0.2) is 24.1 Å². The minimum atomic E-state index is -0.401. The van der Waals surface area contributed by atoms with Gasteiger partial charge in [-0.15, -0.1) is 0 Å². The van der Waals surface area contributed by atoms with E-state index >= 15 is 0 Å². The Bertz CT molecular complexity index is 1080. The number of carbonyl (C=O) groups is 2. The minimum absolute atomic E-state index is 0.0470. The number of amides is 2. The van der Waals surface area contributed by atoms with Crippen LogP contribution in [0.5, 0.6) is 11.5 Å². The van der Waals surface area contributed by atoms with E-state index in [1.54, 1.807) is 43.3 Å². The summed E-state index contributed by atoms with van der Waals surface area (Å²) in [5.74, 6) is 0.679. The summed E-state index contributed by atoms with van der Waals surface area (Å²) < 4.78 is 11.1. The Morgan fingerprint density at radius 2 is 1.45 bits per heavy atom. The lowest BCUT2D eigenvalue weighted by Crippen LogP contribution is -2.26. The van der Waals surface area contributed by atoms with Crippen molar-refractivity contribution in [3.63, 3.8) is 0 Å². The Morgan fingerprint density at radius 1 is 0.818 bits per heavy atom. The lowest BCUT2D eigenvalue weighted by molar-refractivity contribution is -0.123. The molecule has 7 heteroatoms. The number of hydrogen-bond acceptors (Lipinski definition) is 5. The summed E-state index contributed by atoms with van der Waals surface area (Å²) in [5, 5.41) is 6.76. The van der Waals surface area contributed by atoms with Gasteiger partial charge in [-0.05, 0) is 55.8 Å². The zero-order valence-electron chi connectivity index (χ0n) is 18.7. The van der Waals surface area contributed by atoms with Crippen molar-refractivity contribution in [3.05, 3.63) is 90.0 Å². The van der Waals surface area contributed by atoms with Crippen LogP contribution in [0.15, 0.2) is 84.0 Å². The monoisotopic (exact) mass is 445 g/mol. The molecule has 0 radical (unpaired) electrons. The fraction of sp³-hybridized carbons (Fsp3) is 0.192. The van der Waals surface area contributed by atoms with Gasteiger partial charge in [0.2, 0.25) is 5.91 Å². The number of benzene rings is 3. The van der Waals surface area contributed by atoms with E-state index in [9.17, 15) is 9.59 Å². The lowest BCUT2D eigenvalue weighted by Gasteiger charge is -2.09. The number of aryl methyl sites for hydroxylation is 1. The SMILES string of the molecule is C/C(CC(=O)Nc1ccc(OCc2ccccc2)cc1)=N/NC(=O)COc1ccc(C)cc1. The minimum Gasteiger partial charge on any atom is -0.489 e. The molecule has 0 atom stereocenters. The molecule has 3 aromatic rings. The molecule has 0 unspecified atom stereocenters. The second-order valence-electron chi connectivity index (χ2n) is 7.51. The molecular weight excluding hydrogens is 418 g/mol. The maximum atomic E-state index is 12.2. The third-order valence-electron chi connectivity index (χ3n) is 4.57. The number of anilines is 1. The number of rotatable bonds is 10. The summed E-state index contributed by atoms with van der Waals surface area (Å²) >= 11 is 0. The van der Waals surface area contributed by atoms with E-state index in [4.69, 9.17) is 9.47 Å². The standard InChI is InChI=1S/C26H27N3O4/c1-19-8-12-23(13-9-19)33-18-26(31)29-28-20(2)16-25(30)27-22-10-14-24(15-11-22)32-17-21-6-4-3-5-7-21/h3-15H,16-18H2,1-2H3,(H,27,30)(H,29,31)/b28-20-. The highest BCUT2D eigenvalue weighted by molar-refractivity contribution is 6.05. The fourth-order valence-corrected chi connectivity index (χ4v) is 2.83. The first kappa shape index (κ1) is 23.5. The largest absolute Gasteiger partial charge is 0.489 e. The van der Waals surface area contributed by atoms with Gasteiger partial charge in [-0.2, -0.15) is 5.10 Å². The van der Waals surface area contributed by atoms with E-state index in [-0.39, 0.29) is 18.9 Å². The van der Waals surface area contributed by atoms with Crippen molar-refractivity contribution in [2.75, 3.05) is 11.9 Å². The van der Waals surface area contributed by atoms with Crippen LogP contribution in [0.1, 0.15) is 24.5 Å². The topological polar surface area (TPSA) is 89.0 Å². The average molecular weight is 446 g/mol. The fourth-order valence-electron chi connectivity index (χ4n) is 2.83. The molecule has 3 aromatic carbocycles. The molecule has 0 bridgehead atoms. The van der Waals surface area contributed by atoms with Gasteiger partial charge in [-0.25, -0.2) is 5.43 Å². The Balaban J connectivity index is 1.38. The highest BCUT2D eigenvalue weighted by Gasteiger charge is 2.07. The van der Waals surface area contributed by atoms with Gasteiger partial charge in [0.05, 0.1) is 6.42 Å². The zero-order valence-corrected chi connectivity index (χ0v) is 18.7. The summed E-state index contributed by atoms with van der Waals surface area (Å²) in [6.07, 6.45) is 0.0470. The maximum absolute atomic E-state index is 12.2. The van der Waals surface area contributed by atoms with Crippen molar-refractivity contribution in [1.29, 1.82) is 0 Å². The van der Waals surface area contributed by atoms with Crippen molar-refractivity contribution < 1.29 is 19.1 Å². The van der Waals surface area contributed by atoms with Crippen LogP contribution in [-0.2, 0) is 16.2 Å². The van der Waals surface area contributed by atoms with Crippen LogP contribution >= 0.6 is 0 Å². The molecule has 2 amide bonds. The Labute approximate surface area is 193 Å². The first-order valence-electron chi connectivity index (χ1n) is 10.6. The van der Waals surface area contributed by atoms with Gasteiger partial charge in [0.15, 0.2) is 6.61 Å². The number of nitrogens with zero attached hydrogens (tertiary/aromatic N) is 1. The van der Waals surface area contributed by atoms with Crippen molar-refractivity contribution in [2.45, 2.75) is 26.9 Å². The van der Waals surface area contributed by atoms with Crippen molar-refractivity contribution >= 4 is 23.2 Å². The zero-order chi connectivity index (χ0) is 23.5. The first-order chi connectivity index (χ1) is 16.0. The van der Waals surface area contributed by atoms with Gasteiger partial charge >= 0.3 is 0 Å². The number of nitrogens with one attached hydrogen (secondary N) is 2. The molecule has 33 heavy (non-hydrogen) atoms. The number of hydrogen-bond donors (Lipinski definition) is 2. The third kappa shape index (κ3) is 8.49. The van der Waals surface area contributed by atoms with Gasteiger partial charge in [0, 0.05) is 11.4 Å². The molecule has 0 saturated carbocycles. The van der Waals surface area contributed by atoms with Crippen LogP contribution in [0.4, 0.5) is 5.69 Å². The molecule has 0 aliphatic rings. The molecule has 0 aliphatic heterocycles. The van der Waals surface area contributed by atoms with Crippen LogP contribution in [0, 0.1) is 6.92 Å². The average Bonchev–Trinajstić information content (AvgIpc) is 2.82. The van der Waals surface area contributed by atoms with Gasteiger partial charge in [0.1, 0.15) is 18.1 Å². The maximum Gasteiger partial charge on any atom is 0.277 e. The van der Waals surface area contributed by atoms with Crippen LogP contribution in [0.3, 0.4) is 0 Å². The van der Waals surface area contributed by atoms with Crippen LogP contribution < -0.4 is 20.2 Å². The molecule has 170 valence electrons.